The van der Waals surface area contributed by atoms with E-state index in [1.807, 2.05) is 0 Å². The van der Waals surface area contributed by atoms with E-state index in [1.165, 1.54) is 84.5 Å². The fourth-order valence-electron chi connectivity index (χ4n) is 16.2. The van der Waals surface area contributed by atoms with Gasteiger partial charge in [0.25, 0.3) is 11.8 Å². The number of carboxylic acid groups (broad SMARTS) is 4. The number of carbonyl (C=O) groups excluding carboxylic acids is 4. The van der Waals surface area contributed by atoms with Gasteiger partial charge in [-0.3, -0.25) is 58.7 Å². The molecular weight excluding hydrogens is 2020 g/mol. The van der Waals surface area contributed by atoms with Gasteiger partial charge in [-0.1, -0.05) is 71.2 Å². The van der Waals surface area contributed by atoms with Crippen LogP contribution in [0.25, 0.3) is 0 Å². The lowest BCUT2D eigenvalue weighted by Crippen LogP contribution is -2.52. The lowest BCUT2D eigenvalue weighted by Gasteiger charge is -2.35. The quantitative estimate of drug-likeness (QED) is 0.0121. The van der Waals surface area contributed by atoms with Gasteiger partial charge < -0.3 is 74.7 Å². The highest BCUT2D eigenvalue weighted by Gasteiger charge is 2.52. The van der Waals surface area contributed by atoms with Crippen molar-refractivity contribution in [2.24, 2.45) is 27.0 Å². The molecule has 50 heteroatoms. The number of halogens is 14. The van der Waals surface area contributed by atoms with Gasteiger partial charge in [0.15, 0.2) is 45.0 Å². The van der Waals surface area contributed by atoms with E-state index in [0.717, 1.165) is 55.4 Å². The monoisotopic (exact) mass is 2100 g/mol. The number of hydrogen-bond donors (Lipinski definition) is 8. The minimum Gasteiger partial charge on any atom is -0.480 e. The van der Waals surface area contributed by atoms with Crippen LogP contribution in [0.1, 0.15) is 86.2 Å². The summed E-state index contributed by atoms with van der Waals surface area (Å²) >= 11 is 24.4. The van der Waals surface area contributed by atoms with Crippen molar-refractivity contribution in [3.05, 3.63) is 269 Å². The smallest absolute Gasteiger partial charge is 0.338 e. The molecule has 4 saturated heterocycles. The van der Waals surface area contributed by atoms with E-state index in [4.69, 9.17) is 63.2 Å². The second-order valence-corrected chi connectivity index (χ2v) is 35.6. The Morgan fingerprint density at radius 3 is 1.29 bits per heavy atom. The van der Waals surface area contributed by atoms with Gasteiger partial charge in [0.2, 0.25) is 0 Å². The molecule has 4 fully saturated rings. The Bertz CT molecular complexity index is 6380. The van der Waals surface area contributed by atoms with E-state index in [0.29, 0.717) is 52.7 Å². The number of aryl methyl sites for hydroxylation is 2. The number of benzene rings is 5. The number of hydrogen-bond acceptors (Lipinski definition) is 31. The molecule has 0 spiro atoms. The summed E-state index contributed by atoms with van der Waals surface area (Å²) in [4.78, 5) is 135. The van der Waals surface area contributed by atoms with E-state index in [1.54, 1.807) is 69.8 Å². The maximum Gasteiger partial charge on any atom is 0.338 e. The Balaban J connectivity index is 0.000000156. The van der Waals surface area contributed by atoms with E-state index >= 15 is 4.39 Å². The van der Waals surface area contributed by atoms with Gasteiger partial charge in [-0.2, -0.15) is 0 Å². The van der Waals surface area contributed by atoms with E-state index in [-0.39, 0.29) is 144 Å². The molecule has 0 saturated carbocycles. The molecule has 8 N–H and O–H groups in total. The molecule has 8 aromatic rings. The molecule has 11 heterocycles. The van der Waals surface area contributed by atoms with Crippen molar-refractivity contribution < 1.29 is 131 Å². The molecule has 139 heavy (non-hydrogen) atoms. The SMILES string of the molecule is COC(=O)C1=C(CN2CC(F)(F)C[C@H]2C(=O)O)NC(c2ccc(C)cc2F)=N[C@H]1c1ccc(F)cc1Cl.COC(=O)C1=C(CN2CC(F)(F)C[C@H]2C(=O)O)NC(c2nccn2C)=N[C@H]1c1ccc(F)cc1Cl.COC(=O)C1=C(CN2CCOC[C@H]2C(=O)O)NC(c2nccs2)=N[C@H]1c1ccc(Br)c(F)c1F.COC(=O)C1=C(CN2CCOC[C@H]2C(=O)O)NC(c2nccs2)=N[C@H]1c1cccc(F)c1Cl. The lowest BCUT2D eigenvalue weighted by molar-refractivity contribution is -0.150. The number of alkyl halides is 4. The number of esters is 4. The third-order valence-corrected chi connectivity index (χ3v) is 26.0. The average Bonchev–Trinajstić information content (AvgIpc) is 1.76. The van der Waals surface area contributed by atoms with Crippen molar-refractivity contribution in [3.63, 3.8) is 0 Å². The highest BCUT2D eigenvalue weighted by Crippen LogP contribution is 2.45. The molecule has 0 aliphatic carbocycles. The summed E-state index contributed by atoms with van der Waals surface area (Å²) in [6, 6.07) is 8.81. The molecule has 0 bridgehead atoms. The first-order valence-corrected chi connectivity index (χ1v) is 45.3. The van der Waals surface area contributed by atoms with Crippen molar-refractivity contribution in [2.75, 3.05) is 107 Å². The molecule has 16 rings (SSSR count). The third-order valence-electron chi connectivity index (χ3n) is 22.8. The van der Waals surface area contributed by atoms with Gasteiger partial charge in [0.05, 0.1) is 105 Å². The molecule has 3 aromatic heterocycles. The standard InChI is InChI=1S/C25H22ClF4N3O4.C22H21ClF3N5O4.C21H19BrF2N4O5S.C21H20ClFN4O5S/c1-12-3-5-15(17(28)7-12)22-31-18(10-33-11-25(29,30)9-19(33)23(34)35)20(24(36)37-2)21(32-22)14-6-4-13(27)8-16(14)26;1-30-6-5-27-19(30)18-28-14(9-31-10-22(25,26)8-15(31)20(32)33)16(21(34)35-2)17(29-18)12-4-3-11(24)7-13(12)23;1-32-21(31)14-12(8-28-5-6-33-9-13(28)20(29)30)26-18(19-25-4-7-34-19)27-17(14)10-2-3-11(22)16(24)15(10)23;1-31-21(30)15-13(9-27-6-7-32-10-14(27)20(28)29)25-18(19-24-5-8-33-19)26-17(15)11-3-2-4-12(23)16(11)22/h3-8,19,21H,9-11H2,1-2H3,(H,31,32)(H,34,35);3-7,15,17H,8-10H2,1-2H3,(H,28,29)(H,32,33);2-4,7,13,17H,5-6,8-9H2,1H3,(H,26,27)(H,29,30);2-5,8,14,17H,6-7,9-10H2,1H3,(H,25,26)(H,28,29)/t19-,21-;15-,17-;13-,17-;14-,17-/m0000/s1. The van der Waals surface area contributed by atoms with Crippen molar-refractivity contribution in [1.29, 1.82) is 0 Å². The first kappa shape index (κ1) is 104. The summed E-state index contributed by atoms with van der Waals surface area (Å²) in [5.74, 6) is -18.5. The van der Waals surface area contributed by atoms with E-state index in [9.17, 15) is 98.3 Å². The van der Waals surface area contributed by atoms with Crippen LogP contribution in [0.5, 0.6) is 0 Å². The third kappa shape index (κ3) is 23.8. The molecule has 5 aromatic carbocycles. The number of aliphatic carboxylic acids is 4. The predicted molar refractivity (Wildman–Crippen MR) is 485 cm³/mol. The maximum absolute atomic E-state index is 15.0. The fourth-order valence-corrected chi connectivity index (χ4v) is 18.4. The summed E-state index contributed by atoms with van der Waals surface area (Å²) in [7, 11) is 6.33. The van der Waals surface area contributed by atoms with Gasteiger partial charge in [0, 0.05) is 150 Å². The summed E-state index contributed by atoms with van der Waals surface area (Å²) in [6.45, 7) is 0.493. The first-order valence-electron chi connectivity index (χ1n) is 41.6. The van der Waals surface area contributed by atoms with Crippen LogP contribution < -0.4 is 21.3 Å². The van der Waals surface area contributed by atoms with Crippen LogP contribution in [0.3, 0.4) is 0 Å². The zero-order valence-electron chi connectivity index (χ0n) is 73.5. The number of amidine groups is 4. The van der Waals surface area contributed by atoms with Gasteiger partial charge in [0.1, 0.15) is 77.4 Å². The van der Waals surface area contributed by atoms with Gasteiger partial charge in [-0.05, 0) is 76.9 Å². The van der Waals surface area contributed by atoms with Crippen molar-refractivity contribution in [3.8, 4) is 0 Å². The number of morpholine rings is 2. The largest absolute Gasteiger partial charge is 0.480 e. The molecule has 0 radical (unpaired) electrons. The lowest BCUT2D eigenvalue weighted by atomic mass is 9.94. The number of ether oxygens (including phenoxy) is 6. The molecule has 8 aliphatic heterocycles. The number of thiazole rings is 2. The van der Waals surface area contributed by atoms with Crippen LogP contribution in [-0.4, -0.2) is 274 Å². The minimum atomic E-state index is -3.27. The molecule has 736 valence electrons. The topological polar surface area (TPSA) is 427 Å². The summed E-state index contributed by atoms with van der Waals surface area (Å²) in [5.41, 5.74) is 1.72. The number of carbonyl (C=O) groups is 8. The van der Waals surface area contributed by atoms with Crippen LogP contribution in [0.4, 0.5) is 43.9 Å². The van der Waals surface area contributed by atoms with E-state index < -0.39 is 175 Å². The molecule has 8 aliphatic rings. The number of rotatable bonds is 24. The number of imidazole rings is 1. The number of aliphatic imine (C=N–C) groups is 4. The second kappa shape index (κ2) is 44.8. The fraction of sp³-hybridized carbons (Fsp3) is 0.337. The zero-order valence-corrected chi connectivity index (χ0v) is 79.0. The van der Waals surface area contributed by atoms with E-state index in [2.05, 4.69) is 72.1 Å². The van der Waals surface area contributed by atoms with Crippen molar-refractivity contribution in [2.45, 2.75) is 79.9 Å². The number of nitrogens with zero attached hydrogens (tertiary/aromatic N) is 12. The Morgan fingerprint density at radius 1 is 0.482 bits per heavy atom. The summed E-state index contributed by atoms with van der Waals surface area (Å²) in [6.07, 6.45) is 4.55. The number of nitrogens with one attached hydrogen (secondary N) is 4. The highest BCUT2D eigenvalue weighted by atomic mass is 79.9. The van der Waals surface area contributed by atoms with Crippen LogP contribution >= 0.6 is 73.4 Å². The Hall–Kier alpha value is -12.4. The molecular formula is C89H82BrCl3F10N16O18S2. The van der Waals surface area contributed by atoms with Gasteiger partial charge in [-0.25, -0.2) is 78.0 Å². The Kier molecular flexibility index (Phi) is 33.5. The molecule has 0 unspecified atom stereocenters. The predicted octanol–water partition coefficient (Wildman–Crippen LogP) is 11.5. The van der Waals surface area contributed by atoms with Crippen molar-refractivity contribution >= 4 is 145 Å². The maximum atomic E-state index is 15.0. The Labute approximate surface area is 814 Å². The zero-order chi connectivity index (χ0) is 100. The average molecular weight is 2100 g/mol. The highest BCUT2D eigenvalue weighted by molar-refractivity contribution is 9.10. The van der Waals surface area contributed by atoms with Crippen LogP contribution in [0.15, 0.2) is 190 Å². The van der Waals surface area contributed by atoms with Crippen molar-refractivity contribution in [1.82, 2.24) is 60.4 Å². The molecule has 8 atom stereocenters. The number of methoxy groups -OCH3 is 4. The summed E-state index contributed by atoms with van der Waals surface area (Å²) in [5, 5.41) is 54.4. The normalized spacial score (nSPS) is 21.5. The second-order valence-electron chi connectivity index (χ2n) is 31.8. The van der Waals surface area contributed by atoms with Crippen LogP contribution in [-0.2, 0) is 73.8 Å². The number of carboxylic acids is 4. The molecule has 34 nitrogen and oxygen atoms in total. The molecule has 0 amide bonds. The minimum absolute atomic E-state index is 0.0109. The first-order chi connectivity index (χ1) is 66.1. The number of likely N-dealkylation sites (tertiary alicyclic amines) is 2. The van der Waals surface area contributed by atoms with Gasteiger partial charge >= 0.3 is 47.8 Å². The van der Waals surface area contributed by atoms with Gasteiger partial charge in [-0.15, -0.1) is 22.7 Å². The van der Waals surface area contributed by atoms with Crippen LogP contribution in [0.2, 0.25) is 15.1 Å². The number of aromatic nitrogens is 4. The van der Waals surface area contributed by atoms with Crippen LogP contribution in [0, 0.1) is 41.8 Å². The summed E-state index contributed by atoms with van der Waals surface area (Å²) < 4.78 is 175. The Morgan fingerprint density at radius 2 is 0.885 bits per heavy atom.